The van der Waals surface area contributed by atoms with Crippen LogP contribution in [-0.4, -0.2) is 71.1 Å². The van der Waals surface area contributed by atoms with Crippen molar-refractivity contribution < 1.29 is 38.2 Å². The Hall–Kier alpha value is -3.27. The number of ether oxygens (including phenoxy) is 3. The minimum atomic E-state index is -1.70. The van der Waals surface area contributed by atoms with Gasteiger partial charge in [0.15, 0.2) is 0 Å². The van der Waals surface area contributed by atoms with Gasteiger partial charge in [0.25, 0.3) is 0 Å². The second-order valence-electron chi connectivity index (χ2n) is 11.7. The van der Waals surface area contributed by atoms with Gasteiger partial charge < -0.3 is 29.5 Å². The quantitative estimate of drug-likeness (QED) is 0.239. The lowest BCUT2D eigenvalue weighted by molar-refractivity contribution is -0.956. The lowest BCUT2D eigenvalue weighted by Crippen LogP contribution is -2.60. The number of esters is 2. The number of benzene rings is 2. The number of carboxylic acids is 1. The van der Waals surface area contributed by atoms with Crippen LogP contribution in [0.2, 0.25) is 0 Å². The van der Waals surface area contributed by atoms with Crippen molar-refractivity contribution in [3.63, 3.8) is 0 Å². The van der Waals surface area contributed by atoms with Gasteiger partial charge in [-0.25, -0.2) is 4.79 Å². The van der Waals surface area contributed by atoms with Crippen LogP contribution in [0, 0.1) is 0 Å². The summed E-state index contributed by atoms with van der Waals surface area (Å²) in [4.78, 5) is 38.0. The van der Waals surface area contributed by atoms with E-state index in [1.54, 1.807) is 24.3 Å². The first-order valence-electron chi connectivity index (χ1n) is 14.8. The lowest BCUT2D eigenvalue weighted by Gasteiger charge is -2.47. The highest BCUT2D eigenvalue weighted by Gasteiger charge is 2.57. The molecule has 3 unspecified atom stereocenters. The first-order chi connectivity index (χ1) is 19.7. The fourth-order valence-electron chi connectivity index (χ4n) is 7.39. The minimum absolute atomic E-state index is 0.0740. The number of hydrogen-bond acceptors (Lipinski definition) is 7. The van der Waals surface area contributed by atoms with E-state index >= 15 is 0 Å². The second kappa shape index (κ2) is 12.3. The number of hydrogen-bond donors (Lipinski definition) is 2. The van der Waals surface area contributed by atoms with Gasteiger partial charge in [-0.2, -0.15) is 0 Å². The molecule has 2 aromatic rings. The average molecular weight is 566 g/mol. The van der Waals surface area contributed by atoms with Crippen molar-refractivity contribution in [2.75, 3.05) is 13.1 Å². The molecule has 3 N–H and O–H groups in total. The molecular weight excluding hydrogens is 524 g/mol. The van der Waals surface area contributed by atoms with Crippen LogP contribution >= 0.6 is 0 Å². The van der Waals surface area contributed by atoms with E-state index in [9.17, 15) is 14.4 Å². The molecule has 0 radical (unpaired) electrons. The normalized spacial score (nSPS) is 24.5. The highest BCUT2D eigenvalue weighted by molar-refractivity contribution is 5.86. The van der Waals surface area contributed by atoms with Crippen LogP contribution in [0.3, 0.4) is 0 Å². The third-order valence-corrected chi connectivity index (χ3v) is 9.27. The summed E-state index contributed by atoms with van der Waals surface area (Å²) in [6.07, 6.45) is 4.82. The summed E-state index contributed by atoms with van der Waals surface area (Å²) in [5, 5.41) is 8.94. The van der Waals surface area contributed by atoms with Crippen molar-refractivity contribution in [2.24, 2.45) is 5.73 Å². The van der Waals surface area contributed by atoms with E-state index in [2.05, 4.69) is 0 Å². The van der Waals surface area contributed by atoms with E-state index in [4.69, 9.17) is 25.1 Å². The largest absolute Gasteiger partial charge is 0.481 e. The summed E-state index contributed by atoms with van der Waals surface area (Å²) < 4.78 is 19.5. The van der Waals surface area contributed by atoms with Crippen molar-refractivity contribution in [1.29, 1.82) is 0 Å². The van der Waals surface area contributed by atoms with Gasteiger partial charge in [0.1, 0.15) is 12.1 Å². The third-order valence-electron chi connectivity index (χ3n) is 9.27. The fourth-order valence-corrected chi connectivity index (χ4v) is 7.39. The van der Waals surface area contributed by atoms with Gasteiger partial charge in [-0.3, -0.25) is 9.59 Å². The summed E-state index contributed by atoms with van der Waals surface area (Å²) >= 11 is 0. The van der Waals surface area contributed by atoms with Crippen LogP contribution in [0.4, 0.5) is 0 Å². The molecule has 41 heavy (non-hydrogen) atoms. The zero-order chi connectivity index (χ0) is 29.0. The van der Waals surface area contributed by atoms with E-state index in [0.29, 0.717) is 23.2 Å². The van der Waals surface area contributed by atoms with Gasteiger partial charge in [0.2, 0.25) is 11.9 Å². The van der Waals surface area contributed by atoms with Gasteiger partial charge >= 0.3 is 17.9 Å². The molecule has 2 aromatic carbocycles. The third kappa shape index (κ3) is 5.89. The van der Waals surface area contributed by atoms with Crippen molar-refractivity contribution >= 4 is 17.9 Å². The van der Waals surface area contributed by atoms with E-state index < -0.39 is 35.8 Å². The Morgan fingerprint density at radius 2 is 1.49 bits per heavy atom. The number of nitrogens with zero attached hydrogens (tertiary/aromatic N) is 1. The van der Waals surface area contributed by atoms with Crippen molar-refractivity contribution in [3.8, 4) is 0 Å². The van der Waals surface area contributed by atoms with E-state index in [0.717, 1.165) is 12.8 Å². The SMILES string of the molecule is CC(OC(=O)[C@@H](N)CCC(=O)O)OC(C(=O)OC1CC2CCC(C1)[N+]21CCCC1)(c1ccccc1)c1ccccc1. The Balaban J connectivity index is 1.41. The summed E-state index contributed by atoms with van der Waals surface area (Å²) in [5.74, 6) is -2.40. The molecule has 1 spiro atoms. The van der Waals surface area contributed by atoms with E-state index in [1.165, 1.54) is 50.2 Å². The van der Waals surface area contributed by atoms with Crippen LogP contribution in [0.25, 0.3) is 0 Å². The molecule has 2 bridgehead atoms. The number of carbonyl (C=O) groups is 3. The Labute approximate surface area is 241 Å². The van der Waals surface area contributed by atoms with Gasteiger partial charge in [-0.15, -0.1) is 0 Å². The average Bonchev–Trinajstić information content (AvgIpc) is 3.51. The Bertz CT molecular complexity index is 1160. The monoisotopic (exact) mass is 565 g/mol. The number of rotatable bonds is 11. The zero-order valence-electron chi connectivity index (χ0n) is 23.7. The molecule has 220 valence electrons. The standard InChI is InChI=1S/C32H40N2O7/c1-22(39-30(37)28(33)16-17-29(35)36)41-32(23-10-4-2-5-11-23,24-12-6-3-7-13-24)31(38)40-27-20-25-14-15-26(21-27)34(25)18-8-9-19-34/h2-7,10-13,22,25-28H,8-9,14-21,33H2,1H3/p+1/t22?,25?,26?,27?,28-/m0/s1. The topological polar surface area (TPSA) is 125 Å². The molecule has 4 atom stereocenters. The maximum Gasteiger partial charge on any atom is 0.348 e. The summed E-state index contributed by atoms with van der Waals surface area (Å²) in [6.45, 7) is 3.99. The molecule has 5 rings (SSSR count). The molecule has 0 aromatic heterocycles. The molecule has 9 heteroatoms. The first-order valence-corrected chi connectivity index (χ1v) is 14.8. The molecule has 9 nitrogen and oxygen atoms in total. The molecule has 3 aliphatic heterocycles. The van der Waals surface area contributed by atoms with Gasteiger partial charge in [0, 0.05) is 44.9 Å². The Kier molecular flexibility index (Phi) is 8.77. The van der Waals surface area contributed by atoms with Gasteiger partial charge in [-0.1, -0.05) is 60.7 Å². The Morgan fingerprint density at radius 1 is 0.951 bits per heavy atom. The lowest BCUT2D eigenvalue weighted by atomic mass is 9.85. The predicted molar refractivity (Wildman–Crippen MR) is 150 cm³/mol. The number of aliphatic carboxylic acids is 1. The predicted octanol–water partition coefficient (Wildman–Crippen LogP) is 3.88. The fraction of sp³-hybridized carbons (Fsp3) is 0.531. The van der Waals surface area contributed by atoms with Crippen LogP contribution in [0.5, 0.6) is 0 Å². The summed E-state index contributed by atoms with van der Waals surface area (Å²) in [7, 11) is 0. The number of carboxylic acid groups (broad SMARTS) is 1. The molecule has 0 aliphatic carbocycles. The van der Waals surface area contributed by atoms with E-state index in [-0.39, 0.29) is 18.9 Å². The number of carbonyl (C=O) groups excluding carboxylic acids is 2. The molecule has 3 fully saturated rings. The molecular formula is C32H41N2O7+. The molecule has 0 amide bonds. The summed E-state index contributed by atoms with van der Waals surface area (Å²) in [5.41, 5.74) is 5.28. The van der Waals surface area contributed by atoms with E-state index in [1.807, 2.05) is 36.4 Å². The first kappa shape index (κ1) is 29.2. The van der Waals surface area contributed by atoms with Crippen LogP contribution in [-0.2, 0) is 34.2 Å². The Morgan fingerprint density at radius 3 is 2.00 bits per heavy atom. The second-order valence-corrected chi connectivity index (χ2v) is 11.7. The van der Waals surface area contributed by atoms with Crippen molar-refractivity contribution in [1.82, 2.24) is 0 Å². The molecule has 0 saturated carbocycles. The number of nitrogens with two attached hydrogens (primary N) is 1. The minimum Gasteiger partial charge on any atom is -0.481 e. The smallest absolute Gasteiger partial charge is 0.348 e. The van der Waals surface area contributed by atoms with Crippen LogP contribution in [0.1, 0.15) is 69.4 Å². The van der Waals surface area contributed by atoms with Gasteiger partial charge in [-0.05, 0) is 24.5 Å². The van der Waals surface area contributed by atoms with Gasteiger partial charge in [0.05, 0.1) is 25.2 Å². The molecule has 3 aliphatic rings. The van der Waals surface area contributed by atoms with Crippen LogP contribution < -0.4 is 5.73 Å². The highest BCUT2D eigenvalue weighted by Crippen LogP contribution is 2.47. The van der Waals surface area contributed by atoms with Crippen molar-refractivity contribution in [3.05, 3.63) is 71.8 Å². The van der Waals surface area contributed by atoms with Crippen LogP contribution in [0.15, 0.2) is 60.7 Å². The maximum atomic E-state index is 14.4. The maximum absolute atomic E-state index is 14.4. The highest BCUT2D eigenvalue weighted by atomic mass is 16.7. The zero-order valence-corrected chi connectivity index (χ0v) is 23.7. The molecule has 3 heterocycles. The van der Waals surface area contributed by atoms with Crippen molar-refractivity contribution in [2.45, 2.75) is 94.4 Å². The molecule has 3 saturated heterocycles. The number of piperidine rings is 1. The number of quaternary nitrogens is 1. The summed E-state index contributed by atoms with van der Waals surface area (Å²) in [6, 6.07) is 18.1.